The Labute approximate surface area is 224 Å². The molecule has 6 heteroatoms. The number of hydrogen-bond acceptors (Lipinski definition) is 3. The quantitative estimate of drug-likeness (QED) is 0.263. The first kappa shape index (κ1) is 27.8. The smallest absolute Gasteiger partial charge is 0.243 e. The van der Waals surface area contributed by atoms with Gasteiger partial charge in [0, 0.05) is 30.3 Å². The number of nitrogens with one attached hydrogen (secondary N) is 1. The molecular weight excluding hydrogens is 488 g/mol. The first-order valence-electron chi connectivity index (χ1n) is 12.5. The Morgan fingerprint density at radius 2 is 1.64 bits per heavy atom. The Morgan fingerprint density at radius 3 is 2.33 bits per heavy atom. The molecule has 0 spiro atoms. The van der Waals surface area contributed by atoms with Crippen LogP contribution in [0.3, 0.4) is 0 Å². The molecule has 3 aromatic rings. The van der Waals surface area contributed by atoms with Gasteiger partial charge in [-0.15, -0.1) is 11.8 Å². The van der Waals surface area contributed by atoms with E-state index in [-0.39, 0.29) is 11.8 Å². The number of amides is 2. The number of rotatable bonds is 13. The van der Waals surface area contributed by atoms with Crippen LogP contribution in [0.2, 0.25) is 5.02 Å². The second-order valence-corrected chi connectivity index (χ2v) is 10.3. The molecule has 3 aromatic carbocycles. The van der Waals surface area contributed by atoms with E-state index in [9.17, 15) is 9.59 Å². The number of thioether (sulfide) groups is 1. The van der Waals surface area contributed by atoms with Gasteiger partial charge in [0.15, 0.2) is 0 Å². The fraction of sp³-hybridized carbons (Fsp3) is 0.333. The zero-order valence-electron chi connectivity index (χ0n) is 21.1. The Hall–Kier alpha value is -2.76. The number of hydrogen-bond donors (Lipinski definition) is 1. The fourth-order valence-electron chi connectivity index (χ4n) is 3.95. The molecule has 0 fully saturated rings. The number of halogens is 1. The summed E-state index contributed by atoms with van der Waals surface area (Å²) < 4.78 is 0. The van der Waals surface area contributed by atoms with Crippen LogP contribution in [0.5, 0.6) is 0 Å². The molecule has 36 heavy (non-hydrogen) atoms. The number of aryl methyl sites for hydroxylation is 1. The van der Waals surface area contributed by atoms with E-state index in [1.54, 1.807) is 16.7 Å². The first-order valence-corrected chi connectivity index (χ1v) is 14.0. The molecule has 0 saturated carbocycles. The predicted octanol–water partition coefficient (Wildman–Crippen LogP) is 6.44. The molecule has 0 aliphatic rings. The lowest BCUT2D eigenvalue weighted by atomic mass is 10.0. The van der Waals surface area contributed by atoms with Gasteiger partial charge in [0.1, 0.15) is 6.04 Å². The molecule has 0 heterocycles. The van der Waals surface area contributed by atoms with E-state index in [0.717, 1.165) is 35.1 Å². The van der Waals surface area contributed by atoms with Crippen molar-refractivity contribution in [1.82, 2.24) is 10.2 Å². The van der Waals surface area contributed by atoms with Crippen molar-refractivity contribution in [3.63, 3.8) is 0 Å². The minimum Gasteiger partial charge on any atom is -0.354 e. The molecule has 1 atom stereocenters. The monoisotopic (exact) mass is 522 g/mol. The van der Waals surface area contributed by atoms with Gasteiger partial charge >= 0.3 is 0 Å². The van der Waals surface area contributed by atoms with Crippen LogP contribution in [0.1, 0.15) is 42.0 Å². The maximum Gasteiger partial charge on any atom is 0.243 e. The van der Waals surface area contributed by atoms with Gasteiger partial charge in [0.2, 0.25) is 11.8 Å². The topological polar surface area (TPSA) is 49.4 Å². The van der Waals surface area contributed by atoms with Crippen molar-refractivity contribution in [2.45, 2.75) is 51.4 Å². The van der Waals surface area contributed by atoms with Crippen molar-refractivity contribution in [3.05, 3.63) is 106 Å². The van der Waals surface area contributed by atoms with Crippen molar-refractivity contribution < 1.29 is 9.59 Å². The molecular formula is C30H35ClN2O2S. The number of carbonyl (C=O) groups is 2. The van der Waals surface area contributed by atoms with Crippen molar-refractivity contribution >= 4 is 35.2 Å². The van der Waals surface area contributed by atoms with Crippen molar-refractivity contribution in [2.24, 2.45) is 0 Å². The molecule has 1 N–H and O–H groups in total. The lowest BCUT2D eigenvalue weighted by Crippen LogP contribution is -2.51. The average molecular weight is 523 g/mol. The van der Waals surface area contributed by atoms with Crippen molar-refractivity contribution in [1.29, 1.82) is 0 Å². The minimum absolute atomic E-state index is 0.0382. The van der Waals surface area contributed by atoms with Crippen LogP contribution in [0.4, 0.5) is 0 Å². The molecule has 0 saturated heterocycles. The summed E-state index contributed by atoms with van der Waals surface area (Å²) in [6.45, 7) is 5.14. The highest BCUT2D eigenvalue weighted by Gasteiger charge is 2.30. The van der Waals surface area contributed by atoms with Crippen LogP contribution in [0.15, 0.2) is 78.9 Å². The van der Waals surface area contributed by atoms with Gasteiger partial charge < -0.3 is 10.2 Å². The molecule has 0 bridgehead atoms. The normalized spacial score (nSPS) is 11.6. The Morgan fingerprint density at radius 1 is 0.944 bits per heavy atom. The van der Waals surface area contributed by atoms with Gasteiger partial charge in [0.25, 0.3) is 0 Å². The Kier molecular flexibility index (Phi) is 11.4. The van der Waals surface area contributed by atoms with E-state index in [4.69, 9.17) is 11.6 Å². The third-order valence-corrected chi connectivity index (χ3v) is 7.35. The molecule has 0 unspecified atom stereocenters. The fourth-order valence-corrected chi connectivity index (χ4v) is 4.95. The number of unbranched alkanes of at least 4 members (excludes halogenated alkanes) is 1. The summed E-state index contributed by atoms with van der Waals surface area (Å²) in [5.41, 5.74) is 4.30. The highest BCUT2D eigenvalue weighted by Crippen LogP contribution is 2.20. The number of benzene rings is 3. The minimum atomic E-state index is -0.590. The van der Waals surface area contributed by atoms with Crippen LogP contribution < -0.4 is 5.32 Å². The van der Waals surface area contributed by atoms with Crippen LogP contribution >= 0.6 is 23.4 Å². The van der Waals surface area contributed by atoms with Gasteiger partial charge in [-0.2, -0.15) is 0 Å². The van der Waals surface area contributed by atoms with Crippen molar-refractivity contribution in [2.75, 3.05) is 12.3 Å². The van der Waals surface area contributed by atoms with E-state index in [1.165, 1.54) is 0 Å². The summed E-state index contributed by atoms with van der Waals surface area (Å²) in [6.07, 6.45) is 2.38. The summed E-state index contributed by atoms with van der Waals surface area (Å²) in [4.78, 5) is 28.9. The highest BCUT2D eigenvalue weighted by molar-refractivity contribution is 7.99. The third kappa shape index (κ3) is 8.72. The van der Waals surface area contributed by atoms with Crippen LogP contribution in [0.25, 0.3) is 0 Å². The van der Waals surface area contributed by atoms with Crippen LogP contribution in [0, 0.1) is 6.92 Å². The van der Waals surface area contributed by atoms with E-state index in [0.29, 0.717) is 36.0 Å². The molecule has 4 nitrogen and oxygen atoms in total. The lowest BCUT2D eigenvalue weighted by Gasteiger charge is -2.32. The second-order valence-electron chi connectivity index (χ2n) is 8.92. The summed E-state index contributed by atoms with van der Waals surface area (Å²) >= 11 is 7.55. The summed E-state index contributed by atoms with van der Waals surface area (Å²) in [7, 11) is 0. The van der Waals surface area contributed by atoms with E-state index < -0.39 is 6.04 Å². The summed E-state index contributed by atoms with van der Waals surface area (Å²) in [6, 6.07) is 25.1. The molecule has 0 radical (unpaired) electrons. The highest BCUT2D eigenvalue weighted by atomic mass is 35.5. The summed E-state index contributed by atoms with van der Waals surface area (Å²) in [5, 5.41) is 3.77. The number of nitrogens with zero attached hydrogens (tertiary/aromatic N) is 1. The molecule has 2 amide bonds. The zero-order valence-corrected chi connectivity index (χ0v) is 22.7. The maximum absolute atomic E-state index is 13.7. The molecule has 190 valence electrons. The van der Waals surface area contributed by atoms with E-state index in [2.05, 4.69) is 12.2 Å². The van der Waals surface area contributed by atoms with E-state index in [1.807, 2.05) is 85.8 Å². The third-order valence-electron chi connectivity index (χ3n) is 6.11. The van der Waals surface area contributed by atoms with Gasteiger partial charge in [-0.25, -0.2) is 0 Å². The van der Waals surface area contributed by atoms with Crippen LogP contribution in [-0.4, -0.2) is 35.1 Å². The summed E-state index contributed by atoms with van der Waals surface area (Å²) in [5.74, 6) is 0.857. The Bertz CT molecular complexity index is 1110. The Balaban J connectivity index is 1.83. The van der Waals surface area contributed by atoms with Crippen molar-refractivity contribution in [3.8, 4) is 0 Å². The standard InChI is InChI=1S/C30H35ClN2O2S/c1-3-4-18-32-30(35)28(19-24-11-6-5-7-12-24)33(20-26-13-9-8-10-23(26)2)29(34)22-36-21-25-14-16-27(31)17-15-25/h5-17,28H,3-4,18-22H2,1-2H3,(H,32,35)/t28-/m1/s1. The van der Waals surface area contributed by atoms with Gasteiger partial charge in [-0.1, -0.05) is 91.7 Å². The maximum atomic E-state index is 13.7. The van der Waals surface area contributed by atoms with Gasteiger partial charge in [0.05, 0.1) is 5.75 Å². The predicted molar refractivity (Wildman–Crippen MR) is 151 cm³/mol. The molecule has 3 rings (SSSR count). The number of carbonyl (C=O) groups excluding carboxylic acids is 2. The molecule has 0 aliphatic carbocycles. The zero-order chi connectivity index (χ0) is 25.8. The molecule has 0 aliphatic heterocycles. The first-order chi connectivity index (χ1) is 17.5. The second kappa shape index (κ2) is 14.7. The lowest BCUT2D eigenvalue weighted by molar-refractivity contribution is -0.139. The van der Waals surface area contributed by atoms with Gasteiger partial charge in [-0.05, 0) is 47.7 Å². The van der Waals surface area contributed by atoms with Gasteiger partial charge in [-0.3, -0.25) is 9.59 Å². The SMILES string of the molecule is CCCCNC(=O)[C@@H](Cc1ccccc1)N(Cc1ccccc1C)C(=O)CSCc1ccc(Cl)cc1. The molecule has 0 aromatic heterocycles. The van der Waals surface area contributed by atoms with E-state index >= 15 is 0 Å². The van der Waals surface area contributed by atoms with Crippen LogP contribution in [-0.2, 0) is 28.3 Å². The average Bonchev–Trinajstić information content (AvgIpc) is 2.89. The largest absolute Gasteiger partial charge is 0.354 e.